The lowest BCUT2D eigenvalue weighted by molar-refractivity contribution is -0.140. The Balaban J connectivity index is 1.41. The van der Waals surface area contributed by atoms with Gasteiger partial charge >= 0.3 is 12.1 Å². The molecule has 0 saturated heterocycles. The predicted octanol–water partition coefficient (Wildman–Crippen LogP) is 5.15. The largest absolute Gasteiger partial charge is 0.481 e. The van der Waals surface area contributed by atoms with Crippen LogP contribution in [0.3, 0.4) is 0 Å². The van der Waals surface area contributed by atoms with Crippen molar-refractivity contribution in [1.82, 2.24) is 5.32 Å². The molecule has 1 aliphatic rings. The van der Waals surface area contributed by atoms with Crippen LogP contribution in [0.1, 0.15) is 34.3 Å². The summed E-state index contributed by atoms with van der Waals surface area (Å²) in [6.07, 6.45) is -0.671. The van der Waals surface area contributed by atoms with Gasteiger partial charge in [0, 0.05) is 28.7 Å². The van der Waals surface area contributed by atoms with Crippen LogP contribution in [0.4, 0.5) is 10.5 Å². The first-order chi connectivity index (χ1) is 16.3. The van der Waals surface area contributed by atoms with Crippen molar-refractivity contribution in [2.75, 3.05) is 18.5 Å². The quantitative estimate of drug-likeness (QED) is 0.435. The van der Waals surface area contributed by atoms with E-state index in [0.717, 1.165) is 22.3 Å². The Hall–Kier alpha value is -3.84. The van der Waals surface area contributed by atoms with Gasteiger partial charge in [-0.2, -0.15) is 0 Å². The number of hydrogen-bond acceptors (Lipinski definition) is 4. The Bertz CT molecular complexity index is 1210. The molecule has 1 atom stereocenters. The lowest BCUT2D eigenvalue weighted by Crippen LogP contribution is -2.31. The zero-order valence-electron chi connectivity index (χ0n) is 18.4. The third-order valence-electron chi connectivity index (χ3n) is 5.74. The molecule has 34 heavy (non-hydrogen) atoms. The van der Waals surface area contributed by atoms with E-state index in [2.05, 4.69) is 22.8 Å². The normalized spacial score (nSPS) is 12.9. The highest BCUT2D eigenvalue weighted by molar-refractivity contribution is 6.31. The Labute approximate surface area is 201 Å². The van der Waals surface area contributed by atoms with Crippen molar-refractivity contribution in [3.05, 3.63) is 88.4 Å². The molecule has 0 spiro atoms. The van der Waals surface area contributed by atoms with Crippen LogP contribution in [-0.4, -0.2) is 36.2 Å². The Morgan fingerprint density at radius 2 is 1.62 bits per heavy atom. The molecule has 1 unspecified atom stereocenters. The minimum absolute atomic E-state index is 0.0319. The van der Waals surface area contributed by atoms with E-state index in [4.69, 9.17) is 21.4 Å². The van der Waals surface area contributed by atoms with Gasteiger partial charge in [-0.25, -0.2) is 4.79 Å². The number of anilines is 1. The van der Waals surface area contributed by atoms with Crippen molar-refractivity contribution in [3.8, 4) is 11.1 Å². The molecule has 0 fully saturated rings. The lowest BCUT2D eigenvalue weighted by Gasteiger charge is -2.15. The van der Waals surface area contributed by atoms with Gasteiger partial charge in [-0.05, 0) is 40.5 Å². The van der Waals surface area contributed by atoms with E-state index in [0.29, 0.717) is 5.69 Å². The molecule has 0 radical (unpaired) electrons. The van der Waals surface area contributed by atoms with Crippen molar-refractivity contribution in [2.24, 2.45) is 5.92 Å². The number of nitrogens with one attached hydrogen (secondary N) is 2. The molecular weight excluding hydrogens is 456 g/mol. The van der Waals surface area contributed by atoms with Crippen molar-refractivity contribution < 1.29 is 24.2 Å². The molecule has 3 aromatic carbocycles. The summed E-state index contributed by atoms with van der Waals surface area (Å²) in [5.41, 5.74) is 4.97. The monoisotopic (exact) mass is 478 g/mol. The van der Waals surface area contributed by atoms with Gasteiger partial charge in [0.1, 0.15) is 6.61 Å². The Kier molecular flexibility index (Phi) is 6.84. The Morgan fingerprint density at radius 1 is 1.00 bits per heavy atom. The number of rotatable bonds is 7. The number of benzene rings is 3. The zero-order chi connectivity index (χ0) is 24.2. The summed E-state index contributed by atoms with van der Waals surface area (Å²) in [6.45, 7) is 1.61. The van der Waals surface area contributed by atoms with Gasteiger partial charge in [0.2, 0.25) is 0 Å². The van der Waals surface area contributed by atoms with Crippen molar-refractivity contribution in [2.45, 2.75) is 12.8 Å². The molecule has 0 aromatic heterocycles. The van der Waals surface area contributed by atoms with Gasteiger partial charge in [-0.1, -0.05) is 67.1 Å². The molecule has 174 valence electrons. The molecule has 2 amide bonds. The van der Waals surface area contributed by atoms with Crippen molar-refractivity contribution in [3.63, 3.8) is 0 Å². The van der Waals surface area contributed by atoms with Crippen molar-refractivity contribution in [1.29, 1.82) is 0 Å². The second-order valence-corrected chi connectivity index (χ2v) is 8.56. The molecule has 0 saturated carbocycles. The minimum atomic E-state index is -1.01. The molecular formula is C26H23ClN2O5. The summed E-state index contributed by atoms with van der Waals surface area (Å²) in [6, 6.07) is 20.5. The smallest absolute Gasteiger partial charge is 0.411 e. The summed E-state index contributed by atoms with van der Waals surface area (Å²) in [4.78, 5) is 35.9. The van der Waals surface area contributed by atoms with Crippen LogP contribution in [0.5, 0.6) is 0 Å². The summed E-state index contributed by atoms with van der Waals surface area (Å²) in [7, 11) is 0. The van der Waals surface area contributed by atoms with E-state index < -0.39 is 23.9 Å². The number of halogens is 1. The van der Waals surface area contributed by atoms with Crippen LogP contribution in [0.15, 0.2) is 66.7 Å². The lowest BCUT2D eigenvalue weighted by atomic mass is 9.98. The molecule has 7 nitrogen and oxygen atoms in total. The number of carbonyl (C=O) groups excluding carboxylic acids is 2. The number of ether oxygens (including phenoxy) is 1. The van der Waals surface area contributed by atoms with Crippen LogP contribution < -0.4 is 10.6 Å². The van der Waals surface area contributed by atoms with Crippen LogP contribution in [0.25, 0.3) is 11.1 Å². The molecule has 0 heterocycles. The molecule has 0 aliphatic heterocycles. The van der Waals surface area contributed by atoms with Crippen LogP contribution in [-0.2, 0) is 9.53 Å². The van der Waals surface area contributed by atoms with E-state index in [1.807, 2.05) is 36.4 Å². The van der Waals surface area contributed by atoms with Crippen LogP contribution >= 0.6 is 11.6 Å². The summed E-state index contributed by atoms with van der Waals surface area (Å²) >= 11 is 6.12. The maximum absolute atomic E-state index is 12.5. The molecule has 8 heteroatoms. The number of carboxylic acids is 1. The Morgan fingerprint density at radius 3 is 2.24 bits per heavy atom. The first-order valence-corrected chi connectivity index (χ1v) is 11.1. The molecule has 3 N–H and O–H groups in total. The second kappa shape index (κ2) is 9.97. The number of fused-ring (bicyclic) bond motifs is 3. The van der Waals surface area contributed by atoms with E-state index in [1.165, 1.54) is 25.1 Å². The molecule has 1 aliphatic carbocycles. The molecule has 0 bridgehead atoms. The van der Waals surface area contributed by atoms with Crippen molar-refractivity contribution >= 4 is 35.3 Å². The van der Waals surface area contributed by atoms with Gasteiger partial charge in [-0.3, -0.25) is 14.9 Å². The number of hydrogen-bond donors (Lipinski definition) is 3. The third kappa shape index (κ3) is 5.05. The average molecular weight is 479 g/mol. The summed E-state index contributed by atoms with van der Waals surface area (Å²) < 4.78 is 5.53. The topological polar surface area (TPSA) is 105 Å². The maximum Gasteiger partial charge on any atom is 0.411 e. The van der Waals surface area contributed by atoms with Gasteiger partial charge in [0.05, 0.1) is 5.92 Å². The second-order valence-electron chi connectivity index (χ2n) is 8.13. The van der Waals surface area contributed by atoms with Crippen LogP contribution in [0, 0.1) is 5.92 Å². The van der Waals surface area contributed by atoms with E-state index in [1.54, 1.807) is 0 Å². The minimum Gasteiger partial charge on any atom is -0.481 e. The number of carbonyl (C=O) groups is 3. The predicted molar refractivity (Wildman–Crippen MR) is 129 cm³/mol. The fourth-order valence-electron chi connectivity index (χ4n) is 3.98. The maximum atomic E-state index is 12.5. The fourth-order valence-corrected chi connectivity index (χ4v) is 4.22. The first-order valence-electron chi connectivity index (χ1n) is 10.8. The highest BCUT2D eigenvalue weighted by Gasteiger charge is 2.29. The highest BCUT2D eigenvalue weighted by Crippen LogP contribution is 2.44. The van der Waals surface area contributed by atoms with E-state index in [9.17, 15) is 14.4 Å². The standard InChI is InChI=1S/C26H23ClN2O5/c1-15(25(31)32)13-28-24(30)16-10-17(27)12-18(11-16)29-26(33)34-14-23-21-8-4-2-6-19(21)20-7-3-5-9-22(20)23/h2-12,15,23H,13-14H2,1H3,(H,28,30)(H,29,33)(H,31,32). The first kappa shape index (κ1) is 23.3. The van der Waals surface area contributed by atoms with Gasteiger partial charge < -0.3 is 15.2 Å². The third-order valence-corrected chi connectivity index (χ3v) is 5.96. The average Bonchev–Trinajstić information content (AvgIpc) is 3.14. The van der Waals surface area contributed by atoms with Gasteiger partial charge in [0.15, 0.2) is 0 Å². The van der Waals surface area contributed by atoms with Gasteiger partial charge in [-0.15, -0.1) is 0 Å². The SMILES string of the molecule is CC(CNC(=O)c1cc(Cl)cc(NC(=O)OCC2c3ccccc3-c3ccccc32)c1)C(=O)O. The van der Waals surface area contributed by atoms with Gasteiger partial charge in [0.25, 0.3) is 5.91 Å². The number of carboxylic acid groups (broad SMARTS) is 1. The number of aliphatic carboxylic acids is 1. The highest BCUT2D eigenvalue weighted by atomic mass is 35.5. The van der Waals surface area contributed by atoms with Crippen LogP contribution in [0.2, 0.25) is 5.02 Å². The summed E-state index contributed by atoms with van der Waals surface area (Å²) in [5.74, 6) is -2.31. The zero-order valence-corrected chi connectivity index (χ0v) is 19.1. The fraction of sp³-hybridized carbons (Fsp3) is 0.192. The molecule has 4 rings (SSSR count). The molecule has 3 aromatic rings. The number of amides is 2. The summed E-state index contributed by atoms with van der Waals surface area (Å²) in [5, 5.41) is 14.4. The van der Waals surface area contributed by atoms with E-state index >= 15 is 0 Å². The van der Waals surface area contributed by atoms with E-state index in [-0.39, 0.29) is 29.7 Å².